The Bertz CT molecular complexity index is 1040. The highest BCUT2D eigenvalue weighted by Gasteiger charge is 2.20. The Hall–Kier alpha value is -1.84. The molecule has 0 bridgehead atoms. The normalized spacial score (nSPS) is 12.3. The molecule has 0 radical (unpaired) electrons. The van der Waals surface area contributed by atoms with E-state index in [0.29, 0.717) is 5.52 Å². The van der Waals surface area contributed by atoms with Crippen LogP contribution in [0.2, 0.25) is 0 Å². The maximum Gasteiger partial charge on any atom is 0.242 e. The molecule has 3 rings (SSSR count). The van der Waals surface area contributed by atoms with E-state index in [9.17, 15) is 8.42 Å². The number of unbranched alkanes of at least 4 members (excludes halogenated alkanes) is 1. The van der Waals surface area contributed by atoms with E-state index in [2.05, 4.69) is 16.6 Å². The fourth-order valence-electron chi connectivity index (χ4n) is 2.80. The second kappa shape index (κ2) is 8.04. The third-order valence-corrected chi connectivity index (χ3v) is 7.18. The minimum atomic E-state index is -3.48. The molecule has 0 aliphatic carbocycles. The molecule has 9 heteroatoms. The highest BCUT2D eigenvalue weighted by Crippen LogP contribution is 2.29. The summed E-state index contributed by atoms with van der Waals surface area (Å²) < 4.78 is 30.1. The van der Waals surface area contributed by atoms with Gasteiger partial charge in [-0.2, -0.15) is 5.10 Å². The molecule has 0 aliphatic rings. The van der Waals surface area contributed by atoms with E-state index in [4.69, 9.17) is 4.98 Å². The summed E-state index contributed by atoms with van der Waals surface area (Å²) in [4.78, 5) is 5.00. The van der Waals surface area contributed by atoms with Gasteiger partial charge >= 0.3 is 0 Å². The molecule has 2 aromatic heterocycles. The highest BCUT2D eigenvalue weighted by molar-refractivity contribution is 7.98. The van der Waals surface area contributed by atoms with Crippen LogP contribution in [0.1, 0.15) is 25.3 Å². The fraction of sp³-hybridized carbons (Fsp3) is 0.444. The van der Waals surface area contributed by atoms with Crippen LogP contribution in [-0.4, -0.2) is 46.1 Å². The largest absolute Gasteiger partial charge is 0.319 e. The monoisotopic (exact) mass is 407 g/mol. The number of rotatable bonds is 8. The summed E-state index contributed by atoms with van der Waals surface area (Å²) in [7, 11) is 1.50. The number of benzene rings is 1. The Morgan fingerprint density at radius 3 is 2.67 bits per heavy atom. The highest BCUT2D eigenvalue weighted by atomic mass is 32.2. The van der Waals surface area contributed by atoms with E-state index < -0.39 is 10.0 Å². The van der Waals surface area contributed by atoms with Crippen LogP contribution in [0, 0.1) is 0 Å². The first-order chi connectivity index (χ1) is 12.8. The number of aromatic nitrogens is 4. The lowest BCUT2D eigenvalue weighted by Crippen LogP contribution is -2.22. The summed E-state index contributed by atoms with van der Waals surface area (Å²) in [5.41, 5.74) is 2.81. The molecule has 0 atom stereocenters. The summed E-state index contributed by atoms with van der Waals surface area (Å²) in [5, 5.41) is 5.11. The van der Waals surface area contributed by atoms with Gasteiger partial charge in [0.1, 0.15) is 0 Å². The van der Waals surface area contributed by atoms with Crippen molar-refractivity contribution in [2.45, 2.75) is 42.1 Å². The zero-order chi connectivity index (χ0) is 19.6. The van der Waals surface area contributed by atoms with Crippen molar-refractivity contribution in [3.05, 3.63) is 36.2 Å². The molecule has 0 saturated heterocycles. The summed E-state index contributed by atoms with van der Waals surface area (Å²) in [5.74, 6) is 0.770. The van der Waals surface area contributed by atoms with Crippen LogP contribution in [0.5, 0.6) is 0 Å². The second-order valence-electron chi connectivity index (χ2n) is 6.65. The number of hydrogen-bond donors (Lipinski definition) is 0. The quantitative estimate of drug-likeness (QED) is 0.537. The van der Waals surface area contributed by atoms with Crippen molar-refractivity contribution < 1.29 is 8.42 Å². The van der Waals surface area contributed by atoms with E-state index in [0.717, 1.165) is 41.4 Å². The van der Waals surface area contributed by atoms with Gasteiger partial charge in [0, 0.05) is 45.2 Å². The molecule has 0 saturated carbocycles. The molecule has 7 nitrogen and oxygen atoms in total. The number of nitrogens with zero attached hydrogens (tertiary/aromatic N) is 5. The van der Waals surface area contributed by atoms with Crippen LogP contribution >= 0.6 is 11.8 Å². The molecule has 27 heavy (non-hydrogen) atoms. The molecule has 0 fully saturated rings. The van der Waals surface area contributed by atoms with Crippen LogP contribution < -0.4 is 0 Å². The summed E-state index contributed by atoms with van der Waals surface area (Å²) in [6.45, 7) is 3.02. The standard InChI is InChI=1S/C18H25N5O2S2/c1-5-6-9-23-17-8-7-15(27(24,25)21(2)3)10-16(17)20-18(23)26-13-14-11-19-22(4)12-14/h7-8,10-12H,5-6,9,13H2,1-4H3. The minimum Gasteiger partial charge on any atom is -0.319 e. The molecule has 146 valence electrons. The van der Waals surface area contributed by atoms with Gasteiger partial charge in [-0.15, -0.1) is 0 Å². The molecule has 3 aromatic rings. The fourth-order valence-corrected chi connectivity index (χ4v) is 4.67. The van der Waals surface area contributed by atoms with Gasteiger partial charge in [0.15, 0.2) is 5.16 Å². The van der Waals surface area contributed by atoms with E-state index in [-0.39, 0.29) is 4.90 Å². The van der Waals surface area contributed by atoms with Crippen LogP contribution in [0.3, 0.4) is 0 Å². The lowest BCUT2D eigenvalue weighted by molar-refractivity contribution is 0.521. The van der Waals surface area contributed by atoms with Crippen molar-refractivity contribution in [2.75, 3.05) is 14.1 Å². The minimum absolute atomic E-state index is 0.268. The molecule has 2 heterocycles. The summed E-state index contributed by atoms with van der Waals surface area (Å²) in [6, 6.07) is 5.20. The predicted octanol–water partition coefficient (Wildman–Crippen LogP) is 3.11. The predicted molar refractivity (Wildman–Crippen MR) is 108 cm³/mol. The topological polar surface area (TPSA) is 73.0 Å². The third kappa shape index (κ3) is 4.20. The second-order valence-corrected chi connectivity index (χ2v) is 9.74. The van der Waals surface area contributed by atoms with Gasteiger partial charge in [0.05, 0.1) is 22.1 Å². The zero-order valence-electron chi connectivity index (χ0n) is 16.1. The van der Waals surface area contributed by atoms with Crippen LogP contribution in [0.15, 0.2) is 40.6 Å². The Morgan fingerprint density at radius 2 is 2.04 bits per heavy atom. The number of sulfonamides is 1. The zero-order valence-corrected chi connectivity index (χ0v) is 17.7. The van der Waals surface area contributed by atoms with Crippen LogP contribution in [0.25, 0.3) is 11.0 Å². The molecule has 0 unspecified atom stereocenters. The number of hydrogen-bond acceptors (Lipinski definition) is 5. The van der Waals surface area contributed by atoms with Gasteiger partial charge in [0.25, 0.3) is 0 Å². The molecule has 0 aliphatic heterocycles. The van der Waals surface area contributed by atoms with Gasteiger partial charge in [0.2, 0.25) is 10.0 Å². The Kier molecular flexibility index (Phi) is 5.92. The van der Waals surface area contributed by atoms with Crippen LogP contribution in [-0.2, 0) is 29.4 Å². The first-order valence-corrected chi connectivity index (χ1v) is 11.3. The summed E-state index contributed by atoms with van der Waals surface area (Å²) in [6.07, 6.45) is 5.98. The van der Waals surface area contributed by atoms with Gasteiger partial charge < -0.3 is 4.57 Å². The van der Waals surface area contributed by atoms with Crippen LogP contribution in [0.4, 0.5) is 0 Å². The number of fused-ring (bicyclic) bond motifs is 1. The first-order valence-electron chi connectivity index (χ1n) is 8.86. The number of aryl methyl sites for hydroxylation is 2. The van der Waals surface area contributed by atoms with Crippen molar-refractivity contribution in [1.29, 1.82) is 0 Å². The smallest absolute Gasteiger partial charge is 0.242 e. The van der Waals surface area contributed by atoms with Gasteiger partial charge in [-0.1, -0.05) is 25.1 Å². The van der Waals surface area contributed by atoms with Gasteiger partial charge in [-0.25, -0.2) is 17.7 Å². The Morgan fingerprint density at radius 1 is 1.26 bits per heavy atom. The van der Waals surface area contributed by atoms with Crippen molar-refractivity contribution in [2.24, 2.45) is 7.05 Å². The number of thioether (sulfide) groups is 1. The van der Waals surface area contributed by atoms with Crippen molar-refractivity contribution in [3.63, 3.8) is 0 Å². The lowest BCUT2D eigenvalue weighted by atomic mass is 10.3. The van der Waals surface area contributed by atoms with Gasteiger partial charge in [-0.05, 0) is 24.6 Å². The summed E-state index contributed by atoms with van der Waals surface area (Å²) >= 11 is 1.65. The van der Waals surface area contributed by atoms with Crippen molar-refractivity contribution >= 4 is 32.8 Å². The molecule has 1 aromatic carbocycles. The Balaban J connectivity index is 1.98. The first kappa shape index (κ1) is 19.9. The molecule has 0 amide bonds. The average molecular weight is 408 g/mol. The molecular weight excluding hydrogens is 382 g/mol. The average Bonchev–Trinajstić information content (AvgIpc) is 3.20. The van der Waals surface area contributed by atoms with E-state index in [1.54, 1.807) is 28.6 Å². The molecule has 0 N–H and O–H groups in total. The maximum atomic E-state index is 12.4. The SMILES string of the molecule is CCCCn1c(SCc2cnn(C)c2)nc2cc(S(=O)(=O)N(C)C)ccc21. The Labute approximate surface area is 164 Å². The van der Waals surface area contributed by atoms with Gasteiger partial charge in [-0.3, -0.25) is 4.68 Å². The molecular formula is C18H25N5O2S2. The number of imidazole rings is 1. The van der Waals surface area contributed by atoms with Crippen molar-refractivity contribution in [1.82, 2.24) is 23.6 Å². The van der Waals surface area contributed by atoms with E-state index >= 15 is 0 Å². The van der Waals surface area contributed by atoms with Crippen molar-refractivity contribution in [3.8, 4) is 0 Å². The maximum absolute atomic E-state index is 12.4. The molecule has 0 spiro atoms. The lowest BCUT2D eigenvalue weighted by Gasteiger charge is -2.11. The van der Waals surface area contributed by atoms with E-state index in [1.807, 2.05) is 25.5 Å². The van der Waals surface area contributed by atoms with E-state index in [1.165, 1.54) is 18.4 Å². The third-order valence-electron chi connectivity index (χ3n) is 4.32.